The molecule has 0 N–H and O–H groups in total. The van der Waals surface area contributed by atoms with Crippen molar-refractivity contribution in [2.24, 2.45) is 0 Å². The van der Waals surface area contributed by atoms with Gasteiger partial charge >= 0.3 is 0 Å². The van der Waals surface area contributed by atoms with Crippen molar-refractivity contribution in [3.63, 3.8) is 0 Å². The van der Waals surface area contributed by atoms with Gasteiger partial charge in [0.15, 0.2) is 0 Å². The Bertz CT molecular complexity index is 682. The molecule has 0 aliphatic heterocycles. The molecule has 5 heteroatoms. The van der Waals surface area contributed by atoms with Gasteiger partial charge in [-0.1, -0.05) is 0 Å². The highest BCUT2D eigenvalue weighted by molar-refractivity contribution is 7.15. The minimum absolute atomic E-state index is 0.889. The summed E-state index contributed by atoms with van der Waals surface area (Å²) in [5.41, 5.74) is 2.34. The minimum atomic E-state index is 0.889. The van der Waals surface area contributed by atoms with Crippen molar-refractivity contribution in [3.8, 4) is 10.6 Å². The topological polar surface area (TPSA) is 41.9 Å². The fraction of sp³-hybridized carbons (Fsp3) is 0.188. The summed E-state index contributed by atoms with van der Waals surface area (Å²) < 4.78 is 0. The Morgan fingerprint density at radius 2 is 1.86 bits per heavy atom. The summed E-state index contributed by atoms with van der Waals surface area (Å²) in [5, 5.41) is 1.02. The third-order valence-corrected chi connectivity index (χ3v) is 4.12. The molecule has 21 heavy (non-hydrogen) atoms. The summed E-state index contributed by atoms with van der Waals surface area (Å²) in [7, 11) is 2.11. The van der Waals surface area contributed by atoms with Crippen molar-refractivity contribution in [3.05, 3.63) is 65.7 Å². The Morgan fingerprint density at radius 3 is 2.62 bits per heavy atom. The van der Waals surface area contributed by atoms with Crippen molar-refractivity contribution in [2.45, 2.75) is 13.1 Å². The zero-order chi connectivity index (χ0) is 14.5. The maximum atomic E-state index is 4.49. The minimum Gasteiger partial charge on any atom is -0.297 e. The maximum absolute atomic E-state index is 4.49. The van der Waals surface area contributed by atoms with E-state index in [1.807, 2.05) is 49.1 Å². The smallest absolute Gasteiger partial charge is 0.125 e. The lowest BCUT2D eigenvalue weighted by molar-refractivity contribution is 0.321. The van der Waals surface area contributed by atoms with Gasteiger partial charge < -0.3 is 0 Å². The fourth-order valence-electron chi connectivity index (χ4n) is 2.13. The van der Waals surface area contributed by atoms with Gasteiger partial charge in [0.1, 0.15) is 5.01 Å². The van der Waals surface area contributed by atoms with Crippen LogP contribution in [0.2, 0.25) is 0 Å². The molecule has 4 nitrogen and oxygen atoms in total. The summed E-state index contributed by atoms with van der Waals surface area (Å²) >= 11 is 1.72. The zero-order valence-corrected chi connectivity index (χ0v) is 12.6. The van der Waals surface area contributed by atoms with Gasteiger partial charge in [-0.15, -0.1) is 11.3 Å². The van der Waals surface area contributed by atoms with Crippen molar-refractivity contribution in [2.75, 3.05) is 7.05 Å². The Morgan fingerprint density at radius 1 is 1.00 bits per heavy atom. The molecule has 0 unspecified atom stereocenters. The monoisotopic (exact) mass is 296 g/mol. The zero-order valence-electron chi connectivity index (χ0n) is 11.8. The van der Waals surface area contributed by atoms with E-state index in [0.29, 0.717) is 0 Å². The second kappa shape index (κ2) is 6.56. The molecule has 0 saturated carbocycles. The first-order valence-electron chi connectivity index (χ1n) is 6.74. The summed E-state index contributed by atoms with van der Waals surface area (Å²) in [6.45, 7) is 1.79. The average molecular weight is 296 g/mol. The lowest BCUT2D eigenvalue weighted by Crippen LogP contribution is -2.16. The number of hydrogen-bond donors (Lipinski definition) is 0. The Hall–Kier alpha value is -2.11. The van der Waals surface area contributed by atoms with Crippen LogP contribution in [0.3, 0.4) is 0 Å². The lowest BCUT2D eigenvalue weighted by Gasteiger charge is -2.15. The van der Waals surface area contributed by atoms with Gasteiger partial charge in [0.25, 0.3) is 0 Å². The van der Waals surface area contributed by atoms with Crippen LogP contribution in [0.15, 0.2) is 55.2 Å². The second-order valence-corrected chi connectivity index (χ2v) is 6.02. The number of pyridine rings is 2. The largest absolute Gasteiger partial charge is 0.297 e. The van der Waals surface area contributed by atoms with Gasteiger partial charge in [0, 0.05) is 54.5 Å². The first-order valence-corrected chi connectivity index (χ1v) is 7.55. The van der Waals surface area contributed by atoms with E-state index in [0.717, 1.165) is 23.7 Å². The first-order chi connectivity index (χ1) is 10.3. The normalized spacial score (nSPS) is 11.0. The van der Waals surface area contributed by atoms with Gasteiger partial charge in [-0.3, -0.25) is 14.9 Å². The number of aromatic nitrogens is 3. The highest BCUT2D eigenvalue weighted by Gasteiger charge is 2.07. The van der Waals surface area contributed by atoms with E-state index >= 15 is 0 Å². The predicted molar refractivity (Wildman–Crippen MR) is 84.8 cm³/mol. The average Bonchev–Trinajstić information content (AvgIpc) is 2.97. The summed E-state index contributed by atoms with van der Waals surface area (Å²) in [6.07, 6.45) is 9.24. The molecule has 0 spiro atoms. The molecule has 0 amide bonds. The van der Waals surface area contributed by atoms with E-state index in [2.05, 4.69) is 26.9 Å². The highest BCUT2D eigenvalue weighted by atomic mass is 32.1. The SMILES string of the molecule is CN(Cc1ccncc1)Cc1cnc(-c2cccnc2)s1. The molecule has 0 saturated heterocycles. The maximum Gasteiger partial charge on any atom is 0.125 e. The molecule has 0 aromatic carbocycles. The number of hydrogen-bond acceptors (Lipinski definition) is 5. The van der Waals surface area contributed by atoms with Crippen molar-refractivity contribution < 1.29 is 0 Å². The van der Waals surface area contributed by atoms with Gasteiger partial charge in [-0.25, -0.2) is 4.98 Å². The lowest BCUT2D eigenvalue weighted by atomic mass is 10.2. The molecule has 106 valence electrons. The molecule has 3 heterocycles. The molecule has 0 aliphatic rings. The van der Waals surface area contributed by atoms with E-state index in [1.54, 1.807) is 17.5 Å². The van der Waals surface area contributed by atoms with E-state index in [9.17, 15) is 0 Å². The van der Waals surface area contributed by atoms with Crippen LogP contribution < -0.4 is 0 Å². The molecular formula is C16H16N4S. The Labute approximate surface area is 128 Å². The van der Waals surface area contributed by atoms with Gasteiger partial charge in [-0.2, -0.15) is 0 Å². The van der Waals surface area contributed by atoms with E-state index in [-0.39, 0.29) is 0 Å². The summed E-state index contributed by atoms with van der Waals surface area (Å²) in [4.78, 5) is 16.2. The van der Waals surface area contributed by atoms with Crippen LogP contribution in [0.25, 0.3) is 10.6 Å². The van der Waals surface area contributed by atoms with Crippen LogP contribution in [0.1, 0.15) is 10.4 Å². The molecule has 0 bridgehead atoms. The molecule has 0 radical (unpaired) electrons. The fourth-order valence-corrected chi connectivity index (χ4v) is 3.11. The quantitative estimate of drug-likeness (QED) is 0.725. The number of thiazole rings is 1. The third-order valence-electron chi connectivity index (χ3n) is 3.09. The van der Waals surface area contributed by atoms with Crippen LogP contribution in [-0.4, -0.2) is 26.9 Å². The van der Waals surface area contributed by atoms with Crippen molar-refractivity contribution >= 4 is 11.3 Å². The Balaban J connectivity index is 1.65. The van der Waals surface area contributed by atoms with E-state index in [1.165, 1.54) is 10.4 Å². The standard InChI is InChI=1S/C16H16N4S/c1-20(11-13-4-7-17-8-5-13)12-15-10-19-16(21-15)14-3-2-6-18-9-14/h2-10H,11-12H2,1H3. The van der Waals surface area contributed by atoms with Gasteiger partial charge in [-0.05, 0) is 36.9 Å². The van der Waals surface area contributed by atoms with E-state index in [4.69, 9.17) is 0 Å². The summed E-state index contributed by atoms with van der Waals surface area (Å²) in [5.74, 6) is 0. The molecule has 3 rings (SSSR count). The van der Waals surface area contributed by atoms with Crippen molar-refractivity contribution in [1.29, 1.82) is 0 Å². The van der Waals surface area contributed by atoms with Crippen molar-refractivity contribution in [1.82, 2.24) is 19.9 Å². The molecule has 0 atom stereocenters. The Kier molecular flexibility index (Phi) is 4.33. The molecule has 3 aromatic rings. The summed E-state index contributed by atoms with van der Waals surface area (Å²) in [6, 6.07) is 8.07. The molecular weight excluding hydrogens is 280 g/mol. The van der Waals surface area contributed by atoms with Gasteiger partial charge in [0.05, 0.1) is 0 Å². The second-order valence-electron chi connectivity index (χ2n) is 4.90. The van der Waals surface area contributed by atoms with Crippen LogP contribution in [0, 0.1) is 0 Å². The van der Waals surface area contributed by atoms with Crippen LogP contribution >= 0.6 is 11.3 Å². The first kappa shape index (κ1) is 13.9. The molecule has 0 fully saturated rings. The highest BCUT2D eigenvalue weighted by Crippen LogP contribution is 2.25. The number of nitrogens with zero attached hydrogens (tertiary/aromatic N) is 4. The van der Waals surface area contributed by atoms with E-state index < -0.39 is 0 Å². The van der Waals surface area contributed by atoms with Crippen LogP contribution in [-0.2, 0) is 13.1 Å². The van der Waals surface area contributed by atoms with Crippen LogP contribution in [0.5, 0.6) is 0 Å². The van der Waals surface area contributed by atoms with Crippen LogP contribution in [0.4, 0.5) is 0 Å². The molecule has 0 aliphatic carbocycles. The van der Waals surface area contributed by atoms with Gasteiger partial charge in [0.2, 0.25) is 0 Å². The third kappa shape index (κ3) is 3.71. The number of rotatable bonds is 5. The molecule has 3 aromatic heterocycles. The predicted octanol–water partition coefficient (Wildman–Crippen LogP) is 3.23.